The summed E-state index contributed by atoms with van der Waals surface area (Å²) < 4.78 is 0.873. The monoisotopic (exact) mass is 253 g/mol. The molecule has 14 heavy (non-hydrogen) atoms. The molecule has 2 nitrogen and oxygen atoms in total. The fourth-order valence-electron chi connectivity index (χ4n) is 1.50. The van der Waals surface area contributed by atoms with Gasteiger partial charge in [0, 0.05) is 28.8 Å². The summed E-state index contributed by atoms with van der Waals surface area (Å²) in [6.07, 6.45) is 3.43. The van der Waals surface area contributed by atoms with Gasteiger partial charge in [-0.3, -0.25) is 4.79 Å². The molecule has 0 saturated heterocycles. The number of carbonyl (C=O) groups excluding carboxylic acids is 1. The molecule has 3 heteroatoms. The van der Waals surface area contributed by atoms with Crippen molar-refractivity contribution in [3.05, 3.63) is 28.2 Å². The summed E-state index contributed by atoms with van der Waals surface area (Å²) in [6, 6.07) is 6.55. The SMILES string of the molecule is CN(c1ccc(C=O)c(Br)c1)C1CC1. The van der Waals surface area contributed by atoms with E-state index in [0.29, 0.717) is 11.6 Å². The molecule has 1 fully saturated rings. The number of rotatable bonds is 3. The highest BCUT2D eigenvalue weighted by atomic mass is 79.9. The van der Waals surface area contributed by atoms with E-state index < -0.39 is 0 Å². The van der Waals surface area contributed by atoms with Crippen LogP contribution in [-0.4, -0.2) is 19.4 Å². The number of hydrogen-bond acceptors (Lipinski definition) is 2. The summed E-state index contributed by atoms with van der Waals surface area (Å²) in [5.41, 5.74) is 1.88. The molecule has 0 N–H and O–H groups in total. The Kier molecular flexibility index (Phi) is 2.59. The first kappa shape index (κ1) is 9.71. The van der Waals surface area contributed by atoms with Crippen molar-refractivity contribution in [2.24, 2.45) is 0 Å². The molecule has 0 aliphatic heterocycles. The van der Waals surface area contributed by atoms with Crippen LogP contribution < -0.4 is 4.90 Å². The maximum absolute atomic E-state index is 10.6. The molecule has 0 aromatic heterocycles. The molecule has 74 valence electrons. The van der Waals surface area contributed by atoms with Crippen molar-refractivity contribution in [2.45, 2.75) is 18.9 Å². The number of hydrogen-bond donors (Lipinski definition) is 0. The van der Waals surface area contributed by atoms with Gasteiger partial charge in [-0.25, -0.2) is 0 Å². The molecule has 0 spiro atoms. The second-order valence-electron chi connectivity index (χ2n) is 3.67. The predicted molar refractivity (Wildman–Crippen MR) is 61.0 cm³/mol. The van der Waals surface area contributed by atoms with E-state index >= 15 is 0 Å². The molecule has 1 saturated carbocycles. The smallest absolute Gasteiger partial charge is 0.151 e. The second-order valence-corrected chi connectivity index (χ2v) is 4.52. The Bertz CT molecular complexity index is 360. The molecule has 0 atom stereocenters. The Morgan fingerprint density at radius 1 is 1.50 bits per heavy atom. The lowest BCUT2D eigenvalue weighted by Gasteiger charge is -2.18. The molecule has 1 aliphatic carbocycles. The van der Waals surface area contributed by atoms with Crippen LogP contribution in [0, 0.1) is 0 Å². The summed E-state index contributed by atoms with van der Waals surface area (Å²) in [7, 11) is 2.10. The fourth-order valence-corrected chi connectivity index (χ4v) is 1.96. The highest BCUT2D eigenvalue weighted by molar-refractivity contribution is 9.10. The fraction of sp³-hybridized carbons (Fsp3) is 0.364. The highest BCUT2D eigenvalue weighted by Crippen LogP contribution is 2.31. The summed E-state index contributed by atoms with van der Waals surface area (Å²) in [5, 5.41) is 0. The minimum absolute atomic E-state index is 0.698. The minimum Gasteiger partial charge on any atom is -0.372 e. The van der Waals surface area contributed by atoms with Gasteiger partial charge in [0.15, 0.2) is 6.29 Å². The van der Waals surface area contributed by atoms with Gasteiger partial charge in [0.25, 0.3) is 0 Å². The van der Waals surface area contributed by atoms with Crippen LogP contribution in [0.3, 0.4) is 0 Å². The van der Waals surface area contributed by atoms with E-state index in [0.717, 1.165) is 10.8 Å². The van der Waals surface area contributed by atoms with Crippen LogP contribution in [0.4, 0.5) is 5.69 Å². The van der Waals surface area contributed by atoms with E-state index in [1.807, 2.05) is 18.2 Å². The zero-order chi connectivity index (χ0) is 10.1. The molecular weight excluding hydrogens is 242 g/mol. The van der Waals surface area contributed by atoms with Gasteiger partial charge in [0.1, 0.15) is 0 Å². The number of benzene rings is 1. The van der Waals surface area contributed by atoms with Crippen LogP contribution >= 0.6 is 15.9 Å². The van der Waals surface area contributed by atoms with E-state index in [2.05, 4.69) is 27.9 Å². The topological polar surface area (TPSA) is 20.3 Å². The Hall–Kier alpha value is -0.830. The molecule has 0 bridgehead atoms. The normalized spacial score (nSPS) is 15.3. The van der Waals surface area contributed by atoms with Gasteiger partial charge in [-0.05, 0) is 47.0 Å². The third-order valence-electron chi connectivity index (χ3n) is 2.61. The maximum atomic E-state index is 10.6. The van der Waals surface area contributed by atoms with Crippen LogP contribution in [0.25, 0.3) is 0 Å². The zero-order valence-corrected chi connectivity index (χ0v) is 9.62. The molecule has 2 rings (SSSR count). The lowest BCUT2D eigenvalue weighted by molar-refractivity contribution is 0.112. The number of anilines is 1. The highest BCUT2D eigenvalue weighted by Gasteiger charge is 2.26. The standard InChI is InChI=1S/C11H12BrNO/c1-13(9-4-5-9)10-3-2-8(7-14)11(12)6-10/h2-3,6-7,9H,4-5H2,1H3. The lowest BCUT2D eigenvalue weighted by Crippen LogP contribution is -2.19. The number of nitrogens with zero attached hydrogens (tertiary/aromatic N) is 1. The third kappa shape index (κ3) is 1.82. The zero-order valence-electron chi connectivity index (χ0n) is 8.03. The van der Waals surface area contributed by atoms with Crippen molar-refractivity contribution in [3.8, 4) is 0 Å². The molecule has 1 aliphatic rings. The van der Waals surface area contributed by atoms with Crippen molar-refractivity contribution < 1.29 is 4.79 Å². The molecule has 1 aromatic rings. The first-order valence-electron chi connectivity index (χ1n) is 4.70. The van der Waals surface area contributed by atoms with Crippen LogP contribution in [0.2, 0.25) is 0 Å². The van der Waals surface area contributed by atoms with Crippen LogP contribution in [0.1, 0.15) is 23.2 Å². The van der Waals surface area contributed by atoms with Crippen LogP contribution in [-0.2, 0) is 0 Å². The van der Waals surface area contributed by atoms with Gasteiger partial charge >= 0.3 is 0 Å². The Labute approximate surface area is 92.0 Å². The third-order valence-corrected chi connectivity index (χ3v) is 3.30. The van der Waals surface area contributed by atoms with Gasteiger partial charge in [-0.2, -0.15) is 0 Å². The van der Waals surface area contributed by atoms with E-state index in [-0.39, 0.29) is 0 Å². The average Bonchev–Trinajstić information content (AvgIpc) is 3.00. The first-order valence-corrected chi connectivity index (χ1v) is 5.49. The average molecular weight is 254 g/mol. The van der Waals surface area contributed by atoms with Gasteiger partial charge in [-0.15, -0.1) is 0 Å². The summed E-state index contributed by atoms with van der Waals surface area (Å²) in [4.78, 5) is 12.9. The van der Waals surface area contributed by atoms with Gasteiger partial charge in [-0.1, -0.05) is 0 Å². The molecule has 0 amide bonds. The molecule has 0 heterocycles. The van der Waals surface area contributed by atoms with Gasteiger partial charge in [0.2, 0.25) is 0 Å². The van der Waals surface area contributed by atoms with Crippen molar-refractivity contribution in [2.75, 3.05) is 11.9 Å². The van der Waals surface area contributed by atoms with E-state index in [1.54, 1.807) is 0 Å². The van der Waals surface area contributed by atoms with Gasteiger partial charge in [0.05, 0.1) is 0 Å². The molecule has 0 unspecified atom stereocenters. The Morgan fingerprint density at radius 3 is 2.71 bits per heavy atom. The van der Waals surface area contributed by atoms with E-state index in [1.165, 1.54) is 18.5 Å². The number of carbonyl (C=O) groups is 1. The lowest BCUT2D eigenvalue weighted by atomic mass is 10.2. The summed E-state index contributed by atoms with van der Waals surface area (Å²) in [5.74, 6) is 0. The largest absolute Gasteiger partial charge is 0.372 e. The van der Waals surface area contributed by atoms with Crippen LogP contribution in [0.5, 0.6) is 0 Å². The predicted octanol–water partition coefficient (Wildman–Crippen LogP) is 2.86. The quantitative estimate of drug-likeness (QED) is 0.773. The van der Waals surface area contributed by atoms with E-state index in [9.17, 15) is 4.79 Å². The maximum Gasteiger partial charge on any atom is 0.151 e. The summed E-state index contributed by atoms with van der Waals surface area (Å²) in [6.45, 7) is 0. The second kappa shape index (κ2) is 3.73. The minimum atomic E-state index is 0.698. The van der Waals surface area contributed by atoms with Crippen molar-refractivity contribution in [1.29, 1.82) is 0 Å². The van der Waals surface area contributed by atoms with Crippen molar-refractivity contribution in [1.82, 2.24) is 0 Å². The molecular formula is C11H12BrNO. The van der Waals surface area contributed by atoms with Crippen LogP contribution in [0.15, 0.2) is 22.7 Å². The van der Waals surface area contributed by atoms with Gasteiger partial charge < -0.3 is 4.90 Å². The first-order chi connectivity index (χ1) is 6.72. The molecule has 1 aromatic carbocycles. The van der Waals surface area contributed by atoms with E-state index in [4.69, 9.17) is 0 Å². The number of halogens is 1. The van der Waals surface area contributed by atoms with Crippen molar-refractivity contribution in [3.63, 3.8) is 0 Å². The van der Waals surface area contributed by atoms with Crippen molar-refractivity contribution >= 4 is 27.9 Å². The Balaban J connectivity index is 2.26. The Morgan fingerprint density at radius 2 is 2.21 bits per heavy atom. The number of aldehydes is 1. The molecule has 0 radical (unpaired) electrons. The summed E-state index contributed by atoms with van der Waals surface area (Å²) >= 11 is 3.39.